The summed E-state index contributed by atoms with van der Waals surface area (Å²) in [5.41, 5.74) is -0.300. The largest absolute Gasteiger partial charge is 1.00 e. The molecule has 140 valence electrons. The van der Waals surface area contributed by atoms with E-state index in [0.717, 1.165) is 10.8 Å². The Bertz CT molecular complexity index is 1110. The van der Waals surface area contributed by atoms with Gasteiger partial charge in [0.15, 0.2) is 0 Å². The van der Waals surface area contributed by atoms with Gasteiger partial charge in [-0.2, -0.15) is 0 Å². The van der Waals surface area contributed by atoms with Crippen molar-refractivity contribution in [3.8, 4) is 11.5 Å². The Morgan fingerprint density at radius 2 is 0.900 bits per heavy atom. The van der Waals surface area contributed by atoms with Gasteiger partial charge in [-0.15, -0.1) is 0 Å². The number of rotatable bonds is 2. The SMILES string of the molecule is O=C(O)c1c([O-])ccc2ccccc12.O=C(O)c1c([O-])ccc2ccccc12.[Na+].[Na+]. The Balaban J connectivity index is 0.000000281. The molecule has 4 aromatic carbocycles. The summed E-state index contributed by atoms with van der Waals surface area (Å²) in [6.45, 7) is 0. The summed E-state index contributed by atoms with van der Waals surface area (Å²) in [6, 6.07) is 19.7. The fourth-order valence-corrected chi connectivity index (χ4v) is 2.94. The Morgan fingerprint density at radius 1 is 0.567 bits per heavy atom. The van der Waals surface area contributed by atoms with Crippen LogP contribution in [-0.2, 0) is 0 Å². The molecule has 0 radical (unpaired) electrons. The molecule has 0 unspecified atom stereocenters. The van der Waals surface area contributed by atoms with E-state index >= 15 is 0 Å². The van der Waals surface area contributed by atoms with E-state index in [1.165, 1.54) is 12.1 Å². The van der Waals surface area contributed by atoms with Gasteiger partial charge in [-0.25, -0.2) is 9.59 Å². The van der Waals surface area contributed by atoms with Crippen molar-refractivity contribution in [2.75, 3.05) is 0 Å². The Kier molecular flexibility index (Phi) is 9.84. The Labute approximate surface area is 216 Å². The number of carboxylic acids is 2. The molecule has 0 bridgehead atoms. The summed E-state index contributed by atoms with van der Waals surface area (Å²) in [7, 11) is 0. The third-order valence-corrected chi connectivity index (χ3v) is 4.21. The maximum absolute atomic E-state index is 11.3. The minimum atomic E-state index is -1.17. The molecule has 0 saturated heterocycles. The van der Waals surface area contributed by atoms with Gasteiger partial charge in [-0.3, -0.25) is 0 Å². The van der Waals surface area contributed by atoms with Crippen LogP contribution >= 0.6 is 0 Å². The van der Waals surface area contributed by atoms with Crippen LogP contribution in [0.4, 0.5) is 0 Å². The van der Waals surface area contributed by atoms with Crippen LogP contribution in [0.1, 0.15) is 20.7 Å². The maximum Gasteiger partial charge on any atom is 1.00 e. The van der Waals surface area contributed by atoms with Crippen LogP contribution in [-0.4, -0.2) is 22.2 Å². The fourth-order valence-electron chi connectivity index (χ4n) is 2.94. The van der Waals surface area contributed by atoms with E-state index in [-0.39, 0.29) is 70.2 Å². The van der Waals surface area contributed by atoms with E-state index in [2.05, 4.69) is 0 Å². The van der Waals surface area contributed by atoms with E-state index in [0.29, 0.717) is 10.8 Å². The van der Waals surface area contributed by atoms with Crippen molar-refractivity contribution in [1.29, 1.82) is 0 Å². The first-order valence-corrected chi connectivity index (χ1v) is 8.24. The molecule has 4 aromatic rings. The topological polar surface area (TPSA) is 121 Å². The minimum Gasteiger partial charge on any atom is -0.872 e. The molecule has 0 saturated carbocycles. The summed E-state index contributed by atoms with van der Waals surface area (Å²) < 4.78 is 0. The third kappa shape index (κ3) is 5.55. The number of benzene rings is 4. The molecular formula is C22H14Na2O6. The molecule has 0 aromatic heterocycles. The predicted octanol–water partition coefficient (Wildman–Crippen LogP) is -2.77. The van der Waals surface area contributed by atoms with Gasteiger partial charge in [0.1, 0.15) is 0 Å². The van der Waals surface area contributed by atoms with Gasteiger partial charge in [0.05, 0.1) is 11.1 Å². The molecule has 2 N–H and O–H groups in total. The van der Waals surface area contributed by atoms with Crippen molar-refractivity contribution in [2.45, 2.75) is 0 Å². The molecule has 0 aliphatic rings. The van der Waals surface area contributed by atoms with Crippen molar-refractivity contribution in [3.05, 3.63) is 83.9 Å². The summed E-state index contributed by atoms with van der Waals surface area (Å²) in [5.74, 6) is -3.24. The minimum absolute atomic E-state index is 0. The van der Waals surface area contributed by atoms with Crippen LogP contribution in [0.2, 0.25) is 0 Å². The quantitative estimate of drug-likeness (QED) is 0.339. The molecule has 0 atom stereocenters. The molecule has 0 aliphatic heterocycles. The number of carboxylic acid groups (broad SMARTS) is 2. The van der Waals surface area contributed by atoms with Gasteiger partial charge in [0, 0.05) is 0 Å². The molecule has 0 heterocycles. The zero-order valence-electron chi connectivity index (χ0n) is 16.5. The van der Waals surface area contributed by atoms with E-state index < -0.39 is 23.4 Å². The van der Waals surface area contributed by atoms with Gasteiger partial charge in [-0.1, -0.05) is 84.3 Å². The first kappa shape index (κ1) is 26.0. The van der Waals surface area contributed by atoms with Gasteiger partial charge in [0.25, 0.3) is 0 Å². The fraction of sp³-hybridized carbons (Fsp3) is 0. The van der Waals surface area contributed by atoms with E-state index in [4.69, 9.17) is 10.2 Å². The normalized spacial score (nSPS) is 9.60. The van der Waals surface area contributed by atoms with Crippen molar-refractivity contribution in [2.24, 2.45) is 0 Å². The van der Waals surface area contributed by atoms with Crippen LogP contribution in [0, 0.1) is 0 Å². The second-order valence-corrected chi connectivity index (χ2v) is 5.93. The zero-order chi connectivity index (χ0) is 20.3. The zero-order valence-corrected chi connectivity index (χ0v) is 20.5. The third-order valence-electron chi connectivity index (χ3n) is 4.21. The summed E-state index contributed by atoms with van der Waals surface area (Å²) >= 11 is 0. The van der Waals surface area contributed by atoms with Gasteiger partial charge in [0.2, 0.25) is 0 Å². The average Bonchev–Trinajstić information content (AvgIpc) is 2.67. The Morgan fingerprint density at radius 3 is 1.23 bits per heavy atom. The predicted molar refractivity (Wildman–Crippen MR) is 101 cm³/mol. The van der Waals surface area contributed by atoms with Gasteiger partial charge < -0.3 is 20.4 Å². The number of aromatic carboxylic acids is 2. The maximum atomic E-state index is 11.3. The standard InChI is InChI=1S/2C11H8O3.2Na/c2*12-9-6-5-7-3-1-2-4-8(7)10(9)11(13)14;;/h2*1-6,12H,(H,13,14);;/q;;2*+1/p-2. The van der Waals surface area contributed by atoms with Crippen LogP contribution in [0.25, 0.3) is 21.5 Å². The first-order chi connectivity index (χ1) is 13.4. The number of hydrogen-bond donors (Lipinski definition) is 2. The summed E-state index contributed by atoms with van der Waals surface area (Å²) in [5, 5.41) is 42.8. The van der Waals surface area contributed by atoms with Crippen LogP contribution < -0.4 is 69.3 Å². The summed E-state index contributed by atoms with van der Waals surface area (Å²) in [6.07, 6.45) is 0. The molecule has 0 spiro atoms. The van der Waals surface area contributed by atoms with E-state index in [1.807, 2.05) is 0 Å². The molecular weight excluding hydrogens is 406 g/mol. The van der Waals surface area contributed by atoms with Crippen molar-refractivity contribution in [3.63, 3.8) is 0 Å². The van der Waals surface area contributed by atoms with E-state index in [9.17, 15) is 19.8 Å². The van der Waals surface area contributed by atoms with Crippen molar-refractivity contribution >= 4 is 33.5 Å². The Hall–Kier alpha value is -2.06. The summed E-state index contributed by atoms with van der Waals surface area (Å²) in [4.78, 5) is 21.7. The molecule has 30 heavy (non-hydrogen) atoms. The van der Waals surface area contributed by atoms with Crippen molar-refractivity contribution < 1.29 is 89.1 Å². The first-order valence-electron chi connectivity index (χ1n) is 8.24. The van der Waals surface area contributed by atoms with Crippen LogP contribution in [0.3, 0.4) is 0 Å². The van der Waals surface area contributed by atoms with Crippen LogP contribution in [0.5, 0.6) is 11.5 Å². The average molecular weight is 420 g/mol. The molecule has 8 heteroatoms. The molecule has 0 amide bonds. The van der Waals surface area contributed by atoms with Crippen LogP contribution in [0.15, 0.2) is 72.8 Å². The van der Waals surface area contributed by atoms with Gasteiger partial charge in [-0.05, 0) is 21.5 Å². The molecule has 0 fully saturated rings. The molecule has 0 aliphatic carbocycles. The second-order valence-electron chi connectivity index (χ2n) is 5.93. The monoisotopic (exact) mass is 420 g/mol. The molecule has 6 nitrogen and oxygen atoms in total. The number of carbonyl (C=O) groups is 2. The molecule has 4 rings (SSSR count). The number of hydrogen-bond acceptors (Lipinski definition) is 4. The van der Waals surface area contributed by atoms with E-state index in [1.54, 1.807) is 60.7 Å². The second kappa shape index (κ2) is 11.4. The number of fused-ring (bicyclic) bond motifs is 2. The van der Waals surface area contributed by atoms with Gasteiger partial charge >= 0.3 is 71.1 Å². The smallest absolute Gasteiger partial charge is 0.872 e. The van der Waals surface area contributed by atoms with Crippen molar-refractivity contribution in [1.82, 2.24) is 0 Å².